The van der Waals surface area contributed by atoms with Crippen molar-refractivity contribution >= 4 is 27.6 Å². The minimum Gasteiger partial charge on any atom is -0.507 e. The van der Waals surface area contributed by atoms with E-state index in [1.54, 1.807) is 6.07 Å². The van der Waals surface area contributed by atoms with Crippen LogP contribution in [0.25, 0.3) is 0 Å². The maximum atomic E-state index is 11.0. The summed E-state index contributed by atoms with van der Waals surface area (Å²) in [5, 5.41) is 9.35. The lowest BCUT2D eigenvalue weighted by Crippen LogP contribution is -2.00. The average Bonchev–Trinajstić information content (AvgIpc) is 2.16. The third kappa shape index (κ3) is 2.29. The smallest absolute Gasteiger partial charge is 0.341 e. The van der Waals surface area contributed by atoms with Gasteiger partial charge in [0.25, 0.3) is 0 Å². The highest BCUT2D eigenvalue weighted by Gasteiger charge is 2.11. The third-order valence-corrected chi connectivity index (χ3v) is 2.43. The van der Waals surface area contributed by atoms with Crippen LogP contribution in [0.15, 0.2) is 23.1 Å². The van der Waals surface area contributed by atoms with Crippen molar-refractivity contribution in [1.29, 1.82) is 0 Å². The fourth-order valence-electron chi connectivity index (χ4n) is 0.842. The molecule has 70 valence electrons. The van der Waals surface area contributed by atoms with E-state index in [4.69, 9.17) is 10.7 Å². The summed E-state index contributed by atoms with van der Waals surface area (Å²) in [5.74, 6) is -0.693. The fourth-order valence-corrected chi connectivity index (χ4v) is 1.41. The van der Waals surface area contributed by atoms with Gasteiger partial charge in [-0.25, -0.2) is 4.79 Å². The Bertz CT molecular complexity index is 327. The molecule has 0 radical (unpaired) electrons. The first-order valence-corrected chi connectivity index (χ1v) is 5.03. The van der Waals surface area contributed by atoms with Crippen molar-refractivity contribution in [3.05, 3.63) is 23.8 Å². The number of esters is 1. The van der Waals surface area contributed by atoms with Gasteiger partial charge in [-0.1, -0.05) is 0 Å². The number of phenols is 1. The Labute approximate surface area is 84.2 Å². The lowest BCUT2D eigenvalue weighted by molar-refractivity contribution is 0.0597. The van der Waals surface area contributed by atoms with Crippen molar-refractivity contribution in [3.63, 3.8) is 0 Å². The van der Waals surface area contributed by atoms with Gasteiger partial charge in [-0.15, -0.1) is 0 Å². The van der Waals surface area contributed by atoms with Crippen molar-refractivity contribution in [1.82, 2.24) is 0 Å². The summed E-state index contributed by atoms with van der Waals surface area (Å²) in [5.41, 5.74) is 0.136. The minimum atomic E-state index is -0.566. The van der Waals surface area contributed by atoms with E-state index in [1.807, 2.05) is 0 Å². The number of aromatic hydroxyl groups is 1. The van der Waals surface area contributed by atoms with Crippen LogP contribution in [-0.4, -0.2) is 18.2 Å². The van der Waals surface area contributed by atoms with Gasteiger partial charge in [0.05, 0.1) is 7.11 Å². The third-order valence-electron chi connectivity index (χ3n) is 1.46. The summed E-state index contributed by atoms with van der Waals surface area (Å²) in [6.07, 6.45) is 0. The SMILES string of the molecule is COC(=O)c1ccc(SCl)cc1O. The van der Waals surface area contributed by atoms with Crippen LogP contribution in [0.3, 0.4) is 0 Å². The second-order valence-electron chi connectivity index (χ2n) is 2.25. The number of hydrogen-bond acceptors (Lipinski definition) is 4. The molecule has 0 spiro atoms. The van der Waals surface area contributed by atoms with E-state index in [-0.39, 0.29) is 11.3 Å². The van der Waals surface area contributed by atoms with E-state index in [2.05, 4.69) is 4.74 Å². The van der Waals surface area contributed by atoms with Gasteiger partial charge in [0.15, 0.2) is 0 Å². The molecule has 0 aliphatic rings. The molecule has 0 saturated heterocycles. The number of carbonyl (C=O) groups excluding carboxylic acids is 1. The Kier molecular flexibility index (Phi) is 3.45. The molecule has 0 aromatic heterocycles. The first kappa shape index (κ1) is 10.2. The molecule has 13 heavy (non-hydrogen) atoms. The van der Waals surface area contributed by atoms with E-state index < -0.39 is 5.97 Å². The summed E-state index contributed by atoms with van der Waals surface area (Å²) in [6, 6.07) is 4.50. The Hall–Kier alpha value is -0.870. The van der Waals surface area contributed by atoms with Crippen LogP contribution < -0.4 is 0 Å². The zero-order valence-electron chi connectivity index (χ0n) is 6.78. The predicted octanol–water partition coefficient (Wildman–Crippen LogP) is 2.42. The normalized spacial score (nSPS) is 9.69. The molecule has 1 aromatic rings. The molecule has 1 rings (SSSR count). The second kappa shape index (κ2) is 4.39. The summed E-state index contributed by atoms with van der Waals surface area (Å²) in [7, 11) is 7.68. The maximum absolute atomic E-state index is 11.0. The van der Waals surface area contributed by atoms with E-state index in [0.29, 0.717) is 4.90 Å². The van der Waals surface area contributed by atoms with Crippen molar-refractivity contribution in [3.8, 4) is 5.75 Å². The predicted molar refractivity (Wildman–Crippen MR) is 51.2 cm³/mol. The zero-order valence-corrected chi connectivity index (χ0v) is 8.35. The fraction of sp³-hybridized carbons (Fsp3) is 0.125. The molecule has 1 aromatic carbocycles. The summed E-state index contributed by atoms with van der Waals surface area (Å²) in [4.78, 5) is 11.7. The van der Waals surface area contributed by atoms with E-state index in [1.165, 1.54) is 19.2 Å². The van der Waals surface area contributed by atoms with Crippen LogP contribution in [0.2, 0.25) is 0 Å². The van der Waals surface area contributed by atoms with Crippen molar-refractivity contribution < 1.29 is 14.6 Å². The summed E-state index contributed by atoms with van der Waals surface area (Å²) >= 11 is 0. The minimum absolute atomic E-state index is 0.127. The van der Waals surface area contributed by atoms with Crippen LogP contribution >= 0.6 is 21.7 Å². The van der Waals surface area contributed by atoms with Crippen LogP contribution in [0.4, 0.5) is 0 Å². The molecule has 0 heterocycles. The molecule has 0 saturated carbocycles. The van der Waals surface area contributed by atoms with Crippen molar-refractivity contribution in [2.75, 3.05) is 7.11 Å². The summed E-state index contributed by atoms with van der Waals surface area (Å²) in [6.45, 7) is 0. The van der Waals surface area contributed by atoms with Gasteiger partial charge >= 0.3 is 5.97 Å². The molecular formula is C8H7ClO3S. The second-order valence-corrected chi connectivity index (χ2v) is 3.34. The molecular weight excluding hydrogens is 212 g/mol. The first-order valence-electron chi connectivity index (χ1n) is 3.39. The number of rotatable bonds is 2. The topological polar surface area (TPSA) is 46.5 Å². The Morgan fingerprint density at radius 3 is 2.77 bits per heavy atom. The molecule has 0 aliphatic heterocycles. The number of phenolic OH excluding ortho intramolecular Hbond substituents is 1. The van der Waals surface area contributed by atoms with Gasteiger partial charge in [-0.05, 0) is 39.9 Å². The van der Waals surface area contributed by atoms with Crippen LogP contribution in [0, 0.1) is 0 Å². The van der Waals surface area contributed by atoms with E-state index in [9.17, 15) is 9.90 Å². The van der Waals surface area contributed by atoms with E-state index in [0.717, 1.165) is 11.0 Å². The van der Waals surface area contributed by atoms with Gasteiger partial charge in [0.2, 0.25) is 0 Å². The van der Waals surface area contributed by atoms with Crippen LogP contribution in [0.5, 0.6) is 5.75 Å². The number of carbonyl (C=O) groups is 1. The molecule has 1 N–H and O–H groups in total. The first-order chi connectivity index (χ1) is 6.19. The number of hydrogen-bond donors (Lipinski definition) is 1. The van der Waals surface area contributed by atoms with Crippen molar-refractivity contribution in [2.24, 2.45) is 0 Å². The van der Waals surface area contributed by atoms with Gasteiger partial charge in [0, 0.05) is 4.90 Å². The Morgan fingerprint density at radius 2 is 2.31 bits per heavy atom. The quantitative estimate of drug-likeness (QED) is 0.775. The van der Waals surface area contributed by atoms with E-state index >= 15 is 0 Å². The molecule has 0 atom stereocenters. The zero-order chi connectivity index (χ0) is 9.84. The highest BCUT2D eigenvalue weighted by atomic mass is 35.7. The maximum Gasteiger partial charge on any atom is 0.341 e. The number of ether oxygens (including phenoxy) is 1. The largest absolute Gasteiger partial charge is 0.507 e. The highest BCUT2D eigenvalue weighted by Crippen LogP contribution is 2.28. The molecule has 3 nitrogen and oxygen atoms in total. The average molecular weight is 219 g/mol. The number of methoxy groups -OCH3 is 1. The van der Waals surface area contributed by atoms with Gasteiger partial charge < -0.3 is 9.84 Å². The standard InChI is InChI=1S/C8H7ClO3S/c1-12-8(11)6-3-2-5(13-9)4-7(6)10/h2-4,10H,1H3. The van der Waals surface area contributed by atoms with Crippen LogP contribution in [0.1, 0.15) is 10.4 Å². The number of halogens is 1. The molecule has 0 unspecified atom stereocenters. The number of benzene rings is 1. The molecule has 0 amide bonds. The van der Waals surface area contributed by atoms with Crippen LogP contribution in [-0.2, 0) is 4.74 Å². The lowest BCUT2D eigenvalue weighted by atomic mass is 10.2. The Morgan fingerprint density at radius 1 is 1.62 bits per heavy atom. The summed E-state index contributed by atoms with van der Waals surface area (Å²) < 4.78 is 4.45. The van der Waals surface area contributed by atoms with Gasteiger partial charge in [-0.3, -0.25) is 0 Å². The van der Waals surface area contributed by atoms with Gasteiger partial charge in [-0.2, -0.15) is 0 Å². The molecule has 0 bridgehead atoms. The highest BCUT2D eigenvalue weighted by molar-refractivity contribution is 8.21. The van der Waals surface area contributed by atoms with Gasteiger partial charge in [0.1, 0.15) is 11.3 Å². The molecule has 5 heteroatoms. The molecule has 0 fully saturated rings. The molecule has 0 aliphatic carbocycles. The van der Waals surface area contributed by atoms with Crippen molar-refractivity contribution in [2.45, 2.75) is 4.90 Å². The Balaban J connectivity index is 3.05. The lowest BCUT2D eigenvalue weighted by Gasteiger charge is -2.02. The monoisotopic (exact) mass is 218 g/mol.